The molecule has 1 unspecified atom stereocenters. The summed E-state index contributed by atoms with van der Waals surface area (Å²) in [6, 6.07) is 1.77. The van der Waals surface area contributed by atoms with Crippen molar-refractivity contribution in [3.63, 3.8) is 0 Å². The highest BCUT2D eigenvalue weighted by atomic mass is 19.1. The van der Waals surface area contributed by atoms with Gasteiger partial charge in [-0.25, -0.2) is 0 Å². The Kier molecular flexibility index (Phi) is 3.34. The monoisotopic (exact) mass is 269 g/mol. The third-order valence-electron chi connectivity index (χ3n) is 3.05. The first-order valence-electron chi connectivity index (χ1n) is 5.58. The standard InChI is InChI=1S/C11H12FN3O4/c12-7-2-10(8(13)3-9(7)15(18)19)14-4-6(5-16)1-11(14)17/h2-3,6,16H,1,4-5,13H2. The number of amides is 1. The number of benzene rings is 1. The molecule has 7 nitrogen and oxygen atoms in total. The van der Waals surface area contributed by atoms with Crippen LogP contribution in [0.1, 0.15) is 6.42 Å². The average molecular weight is 269 g/mol. The molecule has 0 saturated carbocycles. The first-order valence-corrected chi connectivity index (χ1v) is 5.58. The maximum absolute atomic E-state index is 13.6. The lowest BCUT2D eigenvalue weighted by Gasteiger charge is -2.18. The molecule has 1 fully saturated rings. The number of rotatable bonds is 3. The first kappa shape index (κ1) is 13.2. The molecule has 1 aliphatic rings. The second-order valence-corrected chi connectivity index (χ2v) is 4.38. The second kappa shape index (κ2) is 4.81. The maximum Gasteiger partial charge on any atom is 0.306 e. The van der Waals surface area contributed by atoms with Gasteiger partial charge in [-0.05, 0) is 0 Å². The van der Waals surface area contributed by atoms with Gasteiger partial charge in [0.25, 0.3) is 0 Å². The molecule has 1 heterocycles. The molecule has 0 bridgehead atoms. The number of nitro groups is 1. The fourth-order valence-electron chi connectivity index (χ4n) is 2.08. The normalized spacial score (nSPS) is 18.9. The van der Waals surface area contributed by atoms with Crippen molar-refractivity contribution < 1.29 is 19.2 Å². The maximum atomic E-state index is 13.6. The van der Waals surface area contributed by atoms with Gasteiger partial charge in [0.2, 0.25) is 11.7 Å². The molecule has 2 rings (SSSR count). The predicted molar refractivity (Wildman–Crippen MR) is 65.0 cm³/mol. The summed E-state index contributed by atoms with van der Waals surface area (Å²) in [7, 11) is 0. The Labute approximate surface area is 107 Å². The molecular weight excluding hydrogens is 257 g/mol. The zero-order chi connectivity index (χ0) is 14.2. The molecular formula is C11H12FN3O4. The number of nitrogens with zero attached hydrogens (tertiary/aromatic N) is 2. The SMILES string of the molecule is Nc1cc([N+](=O)[O-])c(F)cc1N1CC(CO)CC1=O. The molecule has 0 spiro atoms. The minimum Gasteiger partial charge on any atom is -0.397 e. The zero-order valence-corrected chi connectivity index (χ0v) is 9.88. The number of carbonyl (C=O) groups excluding carboxylic acids is 1. The highest BCUT2D eigenvalue weighted by Crippen LogP contribution is 2.34. The molecule has 1 amide bonds. The van der Waals surface area contributed by atoms with Crippen LogP contribution in [0.15, 0.2) is 12.1 Å². The highest BCUT2D eigenvalue weighted by molar-refractivity contribution is 5.98. The fourth-order valence-corrected chi connectivity index (χ4v) is 2.08. The van der Waals surface area contributed by atoms with Crippen LogP contribution < -0.4 is 10.6 Å². The van der Waals surface area contributed by atoms with E-state index in [1.165, 1.54) is 4.90 Å². The van der Waals surface area contributed by atoms with Crippen molar-refractivity contribution in [2.75, 3.05) is 23.8 Å². The molecule has 3 N–H and O–H groups in total. The van der Waals surface area contributed by atoms with Crippen LogP contribution >= 0.6 is 0 Å². The summed E-state index contributed by atoms with van der Waals surface area (Å²) < 4.78 is 13.6. The van der Waals surface area contributed by atoms with Crippen molar-refractivity contribution in [1.29, 1.82) is 0 Å². The van der Waals surface area contributed by atoms with E-state index in [1.54, 1.807) is 0 Å². The van der Waals surface area contributed by atoms with Gasteiger partial charge in [-0.15, -0.1) is 0 Å². The van der Waals surface area contributed by atoms with Crippen LogP contribution in [0.4, 0.5) is 21.5 Å². The predicted octanol–water partition coefficient (Wildman–Crippen LogP) is 0.661. The van der Waals surface area contributed by atoms with Gasteiger partial charge < -0.3 is 15.7 Å². The van der Waals surface area contributed by atoms with Crippen molar-refractivity contribution in [2.45, 2.75) is 6.42 Å². The van der Waals surface area contributed by atoms with E-state index in [-0.39, 0.29) is 42.8 Å². The third-order valence-corrected chi connectivity index (χ3v) is 3.05. The van der Waals surface area contributed by atoms with E-state index in [4.69, 9.17) is 10.8 Å². The van der Waals surface area contributed by atoms with Gasteiger partial charge >= 0.3 is 5.69 Å². The summed E-state index contributed by atoms with van der Waals surface area (Å²) in [5.41, 5.74) is 4.96. The summed E-state index contributed by atoms with van der Waals surface area (Å²) in [5.74, 6) is -1.57. The van der Waals surface area contributed by atoms with Crippen molar-refractivity contribution in [1.82, 2.24) is 0 Å². The Hall–Kier alpha value is -2.22. The lowest BCUT2D eigenvalue weighted by molar-refractivity contribution is -0.387. The first-order chi connectivity index (χ1) is 8.93. The van der Waals surface area contributed by atoms with Crippen LogP contribution in [0.2, 0.25) is 0 Å². The van der Waals surface area contributed by atoms with Crippen LogP contribution in [0, 0.1) is 21.8 Å². The number of nitrogens with two attached hydrogens (primary N) is 1. The topological polar surface area (TPSA) is 110 Å². The largest absolute Gasteiger partial charge is 0.397 e. The quantitative estimate of drug-likeness (QED) is 0.476. The van der Waals surface area contributed by atoms with E-state index in [9.17, 15) is 19.3 Å². The second-order valence-electron chi connectivity index (χ2n) is 4.38. The van der Waals surface area contributed by atoms with Gasteiger partial charge in [0, 0.05) is 37.6 Å². The number of nitrogen functional groups attached to an aromatic ring is 1. The number of carbonyl (C=O) groups is 1. The Balaban J connectivity index is 2.39. The van der Waals surface area contributed by atoms with Gasteiger partial charge in [-0.2, -0.15) is 4.39 Å². The van der Waals surface area contributed by atoms with Crippen LogP contribution in [0.5, 0.6) is 0 Å². The van der Waals surface area contributed by atoms with E-state index in [2.05, 4.69) is 0 Å². The summed E-state index contributed by atoms with van der Waals surface area (Å²) in [5, 5.41) is 19.6. The summed E-state index contributed by atoms with van der Waals surface area (Å²) in [4.78, 5) is 22.7. The minimum atomic E-state index is -1.05. The van der Waals surface area contributed by atoms with E-state index in [0.717, 1.165) is 12.1 Å². The van der Waals surface area contributed by atoms with Crippen molar-refractivity contribution >= 4 is 23.0 Å². The molecule has 0 aromatic heterocycles. The van der Waals surface area contributed by atoms with E-state index >= 15 is 0 Å². The van der Waals surface area contributed by atoms with Crippen molar-refractivity contribution in [3.8, 4) is 0 Å². The van der Waals surface area contributed by atoms with Gasteiger partial charge in [0.1, 0.15) is 0 Å². The van der Waals surface area contributed by atoms with Gasteiger partial charge in [0.05, 0.1) is 16.3 Å². The lowest BCUT2D eigenvalue weighted by Crippen LogP contribution is -2.26. The lowest BCUT2D eigenvalue weighted by atomic mass is 10.1. The van der Waals surface area contributed by atoms with Crippen molar-refractivity contribution in [3.05, 3.63) is 28.1 Å². The van der Waals surface area contributed by atoms with Gasteiger partial charge in [0.15, 0.2) is 0 Å². The molecule has 8 heteroatoms. The Morgan fingerprint density at radius 2 is 2.26 bits per heavy atom. The summed E-state index contributed by atoms with van der Waals surface area (Å²) >= 11 is 0. The zero-order valence-electron chi connectivity index (χ0n) is 9.88. The molecule has 0 aliphatic carbocycles. The van der Waals surface area contributed by atoms with E-state index in [1.807, 2.05) is 0 Å². The number of nitro benzene ring substituents is 1. The number of halogens is 1. The summed E-state index contributed by atoms with van der Waals surface area (Å²) in [6.07, 6.45) is 0.147. The van der Waals surface area contributed by atoms with E-state index in [0.29, 0.717) is 0 Å². The molecule has 1 atom stereocenters. The highest BCUT2D eigenvalue weighted by Gasteiger charge is 2.32. The molecule has 0 radical (unpaired) electrons. The van der Waals surface area contributed by atoms with Gasteiger partial charge in [-0.3, -0.25) is 14.9 Å². The number of aliphatic hydroxyl groups excluding tert-OH is 1. The van der Waals surface area contributed by atoms with Crippen LogP contribution in [-0.4, -0.2) is 29.1 Å². The van der Waals surface area contributed by atoms with Gasteiger partial charge in [-0.1, -0.05) is 0 Å². The Bertz CT molecular complexity index is 549. The fraction of sp³-hybridized carbons (Fsp3) is 0.364. The number of anilines is 2. The number of hydrogen-bond acceptors (Lipinski definition) is 5. The molecule has 1 aromatic carbocycles. The Morgan fingerprint density at radius 1 is 1.58 bits per heavy atom. The van der Waals surface area contributed by atoms with Crippen LogP contribution in [-0.2, 0) is 4.79 Å². The molecule has 1 saturated heterocycles. The minimum absolute atomic E-state index is 0.0416. The van der Waals surface area contributed by atoms with Crippen LogP contribution in [0.3, 0.4) is 0 Å². The average Bonchev–Trinajstić information content (AvgIpc) is 2.72. The molecule has 102 valence electrons. The molecule has 19 heavy (non-hydrogen) atoms. The van der Waals surface area contributed by atoms with Crippen LogP contribution in [0.25, 0.3) is 0 Å². The molecule has 1 aromatic rings. The smallest absolute Gasteiger partial charge is 0.306 e. The number of hydrogen-bond donors (Lipinski definition) is 2. The molecule has 1 aliphatic heterocycles. The Morgan fingerprint density at radius 3 is 2.79 bits per heavy atom. The summed E-state index contributed by atoms with van der Waals surface area (Å²) in [6.45, 7) is 0.0639. The third kappa shape index (κ3) is 2.34. The number of aliphatic hydroxyl groups is 1. The van der Waals surface area contributed by atoms with Crippen molar-refractivity contribution in [2.24, 2.45) is 5.92 Å². The van der Waals surface area contributed by atoms with E-state index < -0.39 is 16.4 Å².